The van der Waals surface area contributed by atoms with Gasteiger partial charge in [0.1, 0.15) is 0 Å². The minimum Gasteiger partial charge on any atom is -0.310 e. The molecule has 1 nitrogen and oxygen atoms in total. The van der Waals surface area contributed by atoms with E-state index in [-0.39, 0.29) is 0 Å². The highest BCUT2D eigenvalue weighted by Crippen LogP contribution is 2.42. The van der Waals surface area contributed by atoms with Gasteiger partial charge in [0.2, 0.25) is 0 Å². The van der Waals surface area contributed by atoms with Crippen molar-refractivity contribution in [2.45, 2.75) is 53.5 Å². The topological polar surface area (TPSA) is 12.0 Å². The minimum atomic E-state index is 0.417. The molecule has 2 aromatic rings. The Morgan fingerprint density at radius 2 is 1.84 bits per heavy atom. The number of hydrogen-bond acceptors (Lipinski definition) is 1. The van der Waals surface area contributed by atoms with E-state index in [0.29, 0.717) is 12.0 Å². The van der Waals surface area contributed by atoms with Crippen LogP contribution < -0.4 is 5.32 Å². The Kier molecular flexibility index (Phi) is 5.44. The van der Waals surface area contributed by atoms with Gasteiger partial charge in [0.25, 0.3) is 0 Å². The molecule has 0 spiro atoms. The number of hydrogen-bond donors (Lipinski definition) is 1. The largest absolute Gasteiger partial charge is 0.310 e. The van der Waals surface area contributed by atoms with Gasteiger partial charge in [-0.25, -0.2) is 0 Å². The SMILES string of the molecule is CC.CCNC(c1ccc2c3c4c(ccc13)C=CCC4=CC2)C(C)C. The number of rotatable bonds is 4. The zero-order valence-electron chi connectivity index (χ0n) is 16.3. The molecule has 2 aliphatic carbocycles. The molecule has 0 saturated heterocycles. The summed E-state index contributed by atoms with van der Waals surface area (Å²) in [7, 11) is 0. The molecule has 0 fully saturated rings. The molecule has 1 unspecified atom stereocenters. The number of benzene rings is 2. The summed E-state index contributed by atoms with van der Waals surface area (Å²) in [6, 6.07) is 9.78. The van der Waals surface area contributed by atoms with E-state index in [2.05, 4.69) is 68.6 Å². The smallest absolute Gasteiger partial charge is 0.0349 e. The van der Waals surface area contributed by atoms with Gasteiger partial charge in [0, 0.05) is 6.04 Å². The summed E-state index contributed by atoms with van der Waals surface area (Å²) >= 11 is 0. The molecule has 1 atom stereocenters. The second-order valence-electron chi connectivity index (χ2n) is 7.09. The highest BCUT2D eigenvalue weighted by Gasteiger charge is 2.23. The van der Waals surface area contributed by atoms with Gasteiger partial charge >= 0.3 is 0 Å². The second kappa shape index (κ2) is 7.58. The lowest BCUT2D eigenvalue weighted by atomic mass is 9.79. The summed E-state index contributed by atoms with van der Waals surface area (Å²) in [4.78, 5) is 0. The van der Waals surface area contributed by atoms with Crippen molar-refractivity contribution < 1.29 is 0 Å². The average molecular weight is 334 g/mol. The van der Waals surface area contributed by atoms with Crippen LogP contribution in [0.3, 0.4) is 0 Å². The molecule has 0 amide bonds. The maximum Gasteiger partial charge on any atom is 0.0349 e. The molecule has 0 aliphatic heterocycles. The molecule has 4 rings (SSSR count). The van der Waals surface area contributed by atoms with E-state index in [0.717, 1.165) is 19.4 Å². The summed E-state index contributed by atoms with van der Waals surface area (Å²) in [5.74, 6) is 0.581. The second-order valence-corrected chi connectivity index (χ2v) is 7.09. The van der Waals surface area contributed by atoms with Gasteiger partial charge in [0.15, 0.2) is 0 Å². The van der Waals surface area contributed by atoms with Crippen LogP contribution in [-0.4, -0.2) is 6.54 Å². The van der Waals surface area contributed by atoms with Crippen molar-refractivity contribution in [3.05, 3.63) is 58.7 Å². The molecule has 0 heterocycles. The third-order valence-electron chi connectivity index (χ3n) is 5.28. The fourth-order valence-electron chi connectivity index (χ4n) is 4.24. The highest BCUT2D eigenvalue weighted by molar-refractivity contribution is 6.04. The van der Waals surface area contributed by atoms with Crippen molar-refractivity contribution in [1.29, 1.82) is 0 Å². The fourth-order valence-corrected chi connectivity index (χ4v) is 4.24. The van der Waals surface area contributed by atoms with Crippen LogP contribution in [0.15, 0.2) is 36.4 Å². The van der Waals surface area contributed by atoms with Crippen LogP contribution in [0.2, 0.25) is 0 Å². The van der Waals surface area contributed by atoms with Crippen molar-refractivity contribution in [2.24, 2.45) is 5.92 Å². The van der Waals surface area contributed by atoms with Crippen LogP contribution in [0.25, 0.3) is 22.4 Å². The monoisotopic (exact) mass is 333 g/mol. The van der Waals surface area contributed by atoms with Gasteiger partial charge in [0.05, 0.1) is 0 Å². The third kappa shape index (κ3) is 3.06. The molecule has 25 heavy (non-hydrogen) atoms. The minimum absolute atomic E-state index is 0.417. The molecule has 1 heteroatoms. The first kappa shape index (κ1) is 17.9. The van der Waals surface area contributed by atoms with Crippen LogP contribution >= 0.6 is 0 Å². The molecule has 0 aromatic heterocycles. The van der Waals surface area contributed by atoms with Gasteiger partial charge in [-0.2, -0.15) is 0 Å². The quantitative estimate of drug-likeness (QED) is 0.671. The molecule has 0 saturated carbocycles. The summed E-state index contributed by atoms with van der Waals surface area (Å²) < 4.78 is 0. The van der Waals surface area contributed by atoms with Crippen LogP contribution in [0.1, 0.15) is 69.3 Å². The summed E-state index contributed by atoms with van der Waals surface area (Å²) in [5.41, 5.74) is 7.34. The van der Waals surface area contributed by atoms with E-state index in [4.69, 9.17) is 0 Å². The van der Waals surface area contributed by atoms with Gasteiger partial charge in [-0.3, -0.25) is 0 Å². The van der Waals surface area contributed by atoms with Gasteiger partial charge in [-0.15, -0.1) is 0 Å². The normalized spacial score (nSPS) is 15.7. The zero-order valence-corrected chi connectivity index (χ0v) is 16.3. The van der Waals surface area contributed by atoms with E-state index in [1.54, 1.807) is 0 Å². The van der Waals surface area contributed by atoms with Crippen molar-refractivity contribution >= 4 is 22.4 Å². The van der Waals surface area contributed by atoms with Crippen molar-refractivity contribution in [2.75, 3.05) is 6.54 Å². The number of allylic oxidation sites excluding steroid dienone is 3. The van der Waals surface area contributed by atoms with Crippen LogP contribution in [0.5, 0.6) is 0 Å². The van der Waals surface area contributed by atoms with E-state index in [1.807, 2.05) is 13.8 Å². The maximum absolute atomic E-state index is 3.69. The Hall–Kier alpha value is -1.86. The third-order valence-corrected chi connectivity index (χ3v) is 5.28. The Bertz CT molecular complexity index is 824. The molecule has 2 aliphatic rings. The molecular weight excluding hydrogens is 302 g/mol. The Morgan fingerprint density at radius 1 is 1.04 bits per heavy atom. The first-order chi connectivity index (χ1) is 12.2. The average Bonchev–Trinajstić information content (AvgIpc) is 2.66. The van der Waals surface area contributed by atoms with E-state index in [9.17, 15) is 0 Å². The Morgan fingerprint density at radius 3 is 2.56 bits per heavy atom. The number of nitrogens with one attached hydrogen (secondary N) is 1. The predicted molar refractivity (Wildman–Crippen MR) is 112 cm³/mol. The molecule has 0 bridgehead atoms. The Balaban J connectivity index is 0.000000880. The van der Waals surface area contributed by atoms with Gasteiger partial charge < -0.3 is 5.32 Å². The van der Waals surface area contributed by atoms with Gasteiger partial charge in [-0.05, 0) is 63.9 Å². The van der Waals surface area contributed by atoms with Gasteiger partial charge in [-0.1, -0.05) is 77.1 Å². The highest BCUT2D eigenvalue weighted by atomic mass is 14.9. The summed E-state index contributed by atoms with van der Waals surface area (Å²) in [6.45, 7) is 11.8. The van der Waals surface area contributed by atoms with Crippen molar-refractivity contribution in [1.82, 2.24) is 5.32 Å². The standard InChI is InChI=1S/C22H25N.C2H6/c1-4-23-22(14(2)3)19-13-11-17-9-8-15-6-5-7-16-10-12-18(19)21(17)20(15)16;1-2/h5,7-8,10-14,22-23H,4,6,9H2,1-3H3;1-2H3. The lowest BCUT2D eigenvalue weighted by Gasteiger charge is -2.28. The molecule has 132 valence electrons. The van der Waals surface area contributed by atoms with Crippen molar-refractivity contribution in [3.8, 4) is 0 Å². The summed E-state index contributed by atoms with van der Waals surface area (Å²) in [5, 5.41) is 6.64. The van der Waals surface area contributed by atoms with E-state index >= 15 is 0 Å². The van der Waals surface area contributed by atoms with E-state index < -0.39 is 0 Å². The fraction of sp³-hybridized carbons (Fsp3) is 0.417. The van der Waals surface area contributed by atoms with Crippen molar-refractivity contribution in [3.63, 3.8) is 0 Å². The Labute approximate surface area is 152 Å². The van der Waals surface area contributed by atoms with Crippen LogP contribution in [0, 0.1) is 5.92 Å². The lowest BCUT2D eigenvalue weighted by molar-refractivity contribution is 0.424. The summed E-state index contributed by atoms with van der Waals surface area (Å²) in [6.07, 6.45) is 9.16. The zero-order chi connectivity index (χ0) is 18.0. The molecule has 1 N–H and O–H groups in total. The predicted octanol–water partition coefficient (Wildman–Crippen LogP) is 6.53. The van der Waals surface area contributed by atoms with E-state index in [1.165, 1.54) is 38.6 Å². The first-order valence-electron chi connectivity index (χ1n) is 9.88. The van der Waals surface area contributed by atoms with Crippen LogP contribution in [-0.2, 0) is 6.42 Å². The molecular formula is C24H31N. The maximum atomic E-state index is 3.69. The molecule has 0 radical (unpaired) electrons. The first-order valence-corrected chi connectivity index (χ1v) is 9.88. The lowest BCUT2D eigenvalue weighted by Crippen LogP contribution is -2.25. The molecule has 2 aromatic carbocycles. The van der Waals surface area contributed by atoms with Crippen LogP contribution in [0.4, 0.5) is 0 Å².